The number of halogens is 1. The molecule has 0 aromatic heterocycles. The Kier molecular flexibility index (Phi) is 4.90. The summed E-state index contributed by atoms with van der Waals surface area (Å²) in [7, 11) is 1.81. The van der Waals surface area contributed by atoms with Crippen molar-refractivity contribution in [2.75, 3.05) is 24.6 Å². The van der Waals surface area contributed by atoms with E-state index >= 15 is 0 Å². The van der Waals surface area contributed by atoms with Gasteiger partial charge in [-0.05, 0) is 49.0 Å². The molecule has 3 N–H and O–H groups in total. The standard InChI is InChI=1S/C16H18FN3O/c1-20(10-12-3-2-4-13(17)9-12)11-16(21)19-15-7-5-14(18)6-8-15/h2-9H,10-11,18H2,1H3,(H,19,21). The Hall–Kier alpha value is -2.40. The molecular weight excluding hydrogens is 269 g/mol. The number of nitrogens with one attached hydrogen (secondary N) is 1. The summed E-state index contributed by atoms with van der Waals surface area (Å²) in [5.74, 6) is -0.397. The van der Waals surface area contributed by atoms with Crippen LogP contribution in [0.5, 0.6) is 0 Å². The van der Waals surface area contributed by atoms with Gasteiger partial charge in [0.05, 0.1) is 6.54 Å². The van der Waals surface area contributed by atoms with Gasteiger partial charge in [0.15, 0.2) is 0 Å². The average molecular weight is 287 g/mol. The van der Waals surface area contributed by atoms with Crippen LogP contribution in [-0.4, -0.2) is 24.4 Å². The quantitative estimate of drug-likeness (QED) is 0.831. The summed E-state index contributed by atoms with van der Waals surface area (Å²) in [6.07, 6.45) is 0. The van der Waals surface area contributed by atoms with E-state index in [9.17, 15) is 9.18 Å². The molecule has 2 rings (SSSR count). The van der Waals surface area contributed by atoms with E-state index in [4.69, 9.17) is 5.73 Å². The molecule has 0 aliphatic carbocycles. The van der Waals surface area contributed by atoms with Crippen molar-refractivity contribution in [3.8, 4) is 0 Å². The van der Waals surface area contributed by atoms with Crippen molar-refractivity contribution in [1.82, 2.24) is 4.90 Å². The van der Waals surface area contributed by atoms with E-state index in [1.54, 1.807) is 30.3 Å². The smallest absolute Gasteiger partial charge is 0.238 e. The van der Waals surface area contributed by atoms with Crippen LogP contribution in [0.25, 0.3) is 0 Å². The molecule has 4 nitrogen and oxygen atoms in total. The highest BCUT2D eigenvalue weighted by Crippen LogP contribution is 2.11. The second kappa shape index (κ2) is 6.85. The van der Waals surface area contributed by atoms with E-state index in [1.807, 2.05) is 18.0 Å². The molecule has 0 unspecified atom stereocenters. The molecule has 0 saturated carbocycles. The van der Waals surface area contributed by atoms with E-state index in [0.29, 0.717) is 17.9 Å². The summed E-state index contributed by atoms with van der Waals surface area (Å²) in [5, 5.41) is 2.79. The lowest BCUT2D eigenvalue weighted by atomic mass is 10.2. The minimum absolute atomic E-state index is 0.126. The van der Waals surface area contributed by atoms with Gasteiger partial charge in [-0.2, -0.15) is 0 Å². The second-order valence-corrected chi connectivity index (χ2v) is 4.97. The Bertz CT molecular complexity index is 613. The first-order valence-electron chi connectivity index (χ1n) is 6.61. The van der Waals surface area contributed by atoms with Crippen LogP contribution in [0.2, 0.25) is 0 Å². The summed E-state index contributed by atoms with van der Waals surface area (Å²) >= 11 is 0. The van der Waals surface area contributed by atoms with Crippen molar-refractivity contribution in [3.63, 3.8) is 0 Å². The molecule has 2 aromatic rings. The number of nitrogens with zero attached hydrogens (tertiary/aromatic N) is 1. The molecule has 21 heavy (non-hydrogen) atoms. The summed E-state index contributed by atoms with van der Waals surface area (Å²) < 4.78 is 13.1. The number of anilines is 2. The molecule has 110 valence electrons. The highest BCUT2D eigenvalue weighted by Gasteiger charge is 2.08. The third-order valence-electron chi connectivity index (χ3n) is 2.95. The summed E-state index contributed by atoms with van der Waals surface area (Å²) in [4.78, 5) is 13.7. The zero-order chi connectivity index (χ0) is 15.2. The van der Waals surface area contributed by atoms with Gasteiger partial charge in [0.2, 0.25) is 5.91 Å². The van der Waals surface area contributed by atoms with E-state index in [0.717, 1.165) is 5.56 Å². The number of nitrogens with two attached hydrogens (primary N) is 1. The fourth-order valence-electron chi connectivity index (χ4n) is 2.02. The van der Waals surface area contributed by atoms with Crippen LogP contribution in [0, 0.1) is 5.82 Å². The normalized spacial score (nSPS) is 10.6. The Morgan fingerprint density at radius 2 is 1.95 bits per heavy atom. The molecule has 2 aromatic carbocycles. The zero-order valence-corrected chi connectivity index (χ0v) is 11.8. The molecule has 0 aliphatic heterocycles. The van der Waals surface area contributed by atoms with Crippen LogP contribution in [0.15, 0.2) is 48.5 Å². The van der Waals surface area contributed by atoms with Crippen LogP contribution >= 0.6 is 0 Å². The maximum Gasteiger partial charge on any atom is 0.238 e. The number of amides is 1. The van der Waals surface area contributed by atoms with Crippen molar-refractivity contribution in [2.45, 2.75) is 6.54 Å². The van der Waals surface area contributed by atoms with Gasteiger partial charge in [-0.15, -0.1) is 0 Å². The van der Waals surface area contributed by atoms with Crippen molar-refractivity contribution in [1.29, 1.82) is 0 Å². The Morgan fingerprint density at radius 1 is 1.24 bits per heavy atom. The molecule has 0 aliphatic rings. The predicted octanol–water partition coefficient (Wildman–Crippen LogP) is 2.48. The first-order valence-corrected chi connectivity index (χ1v) is 6.61. The first kappa shape index (κ1) is 15.0. The van der Waals surface area contributed by atoms with Crippen molar-refractivity contribution in [3.05, 3.63) is 59.9 Å². The van der Waals surface area contributed by atoms with Crippen LogP contribution in [0.3, 0.4) is 0 Å². The summed E-state index contributed by atoms with van der Waals surface area (Å²) in [6, 6.07) is 13.3. The highest BCUT2D eigenvalue weighted by molar-refractivity contribution is 5.92. The number of hydrogen-bond acceptors (Lipinski definition) is 3. The molecule has 0 bridgehead atoms. The van der Waals surface area contributed by atoms with E-state index in [1.165, 1.54) is 12.1 Å². The number of hydrogen-bond donors (Lipinski definition) is 2. The Balaban J connectivity index is 1.86. The van der Waals surface area contributed by atoms with Gasteiger partial charge in [-0.25, -0.2) is 4.39 Å². The second-order valence-electron chi connectivity index (χ2n) is 4.97. The van der Waals surface area contributed by atoms with Gasteiger partial charge in [-0.1, -0.05) is 12.1 Å². The number of nitrogen functional groups attached to an aromatic ring is 1. The number of likely N-dealkylation sites (N-methyl/N-ethyl adjacent to an activating group) is 1. The Labute approximate surface area is 123 Å². The third-order valence-corrected chi connectivity index (χ3v) is 2.95. The molecule has 5 heteroatoms. The molecule has 1 amide bonds. The van der Waals surface area contributed by atoms with Crippen molar-refractivity contribution in [2.24, 2.45) is 0 Å². The minimum atomic E-state index is -0.271. The maximum atomic E-state index is 13.1. The lowest BCUT2D eigenvalue weighted by Gasteiger charge is -2.16. The first-order chi connectivity index (χ1) is 10.0. The van der Waals surface area contributed by atoms with E-state index in [2.05, 4.69) is 5.32 Å². The van der Waals surface area contributed by atoms with E-state index < -0.39 is 0 Å². The number of rotatable bonds is 5. The lowest BCUT2D eigenvalue weighted by molar-refractivity contribution is -0.117. The van der Waals surface area contributed by atoms with Gasteiger partial charge in [0.25, 0.3) is 0 Å². The van der Waals surface area contributed by atoms with Gasteiger partial charge in [-0.3, -0.25) is 9.69 Å². The fraction of sp³-hybridized carbons (Fsp3) is 0.188. The number of benzene rings is 2. The monoisotopic (exact) mass is 287 g/mol. The summed E-state index contributed by atoms with van der Waals surface area (Å²) in [6.45, 7) is 0.730. The van der Waals surface area contributed by atoms with Gasteiger partial charge >= 0.3 is 0 Å². The minimum Gasteiger partial charge on any atom is -0.399 e. The molecule has 0 spiro atoms. The molecule has 0 saturated heterocycles. The largest absolute Gasteiger partial charge is 0.399 e. The molecule has 0 radical (unpaired) electrons. The zero-order valence-electron chi connectivity index (χ0n) is 11.8. The maximum absolute atomic E-state index is 13.1. The summed E-state index contributed by atoms with van der Waals surface area (Å²) in [5.41, 5.74) is 7.77. The van der Waals surface area contributed by atoms with E-state index in [-0.39, 0.29) is 18.3 Å². The van der Waals surface area contributed by atoms with Crippen LogP contribution < -0.4 is 11.1 Å². The van der Waals surface area contributed by atoms with Crippen LogP contribution in [0.4, 0.5) is 15.8 Å². The van der Waals surface area contributed by atoms with Crippen molar-refractivity contribution < 1.29 is 9.18 Å². The third kappa shape index (κ3) is 4.89. The molecular formula is C16H18FN3O. The topological polar surface area (TPSA) is 58.4 Å². The predicted molar refractivity (Wildman–Crippen MR) is 82.2 cm³/mol. The van der Waals surface area contributed by atoms with Crippen LogP contribution in [0.1, 0.15) is 5.56 Å². The van der Waals surface area contributed by atoms with Gasteiger partial charge in [0.1, 0.15) is 5.82 Å². The number of carbonyl (C=O) groups excluding carboxylic acids is 1. The molecule has 0 heterocycles. The SMILES string of the molecule is CN(CC(=O)Nc1ccc(N)cc1)Cc1cccc(F)c1. The fourth-order valence-corrected chi connectivity index (χ4v) is 2.02. The van der Waals surface area contributed by atoms with Gasteiger partial charge < -0.3 is 11.1 Å². The van der Waals surface area contributed by atoms with Gasteiger partial charge in [0, 0.05) is 17.9 Å². The lowest BCUT2D eigenvalue weighted by Crippen LogP contribution is -2.29. The van der Waals surface area contributed by atoms with Crippen LogP contribution in [-0.2, 0) is 11.3 Å². The highest BCUT2D eigenvalue weighted by atomic mass is 19.1. The average Bonchev–Trinajstić information content (AvgIpc) is 2.41. The van der Waals surface area contributed by atoms with Crippen molar-refractivity contribution >= 4 is 17.3 Å². The molecule has 0 atom stereocenters. The Morgan fingerprint density at radius 3 is 2.62 bits per heavy atom. The number of carbonyl (C=O) groups is 1. The molecule has 0 fully saturated rings.